The van der Waals surface area contributed by atoms with Crippen molar-refractivity contribution in [2.24, 2.45) is 0 Å². The summed E-state index contributed by atoms with van der Waals surface area (Å²) < 4.78 is 18.0. The maximum atomic E-state index is 12.4. The molecule has 0 aliphatic carbocycles. The van der Waals surface area contributed by atoms with E-state index >= 15 is 0 Å². The van der Waals surface area contributed by atoms with E-state index in [1.807, 2.05) is 31.2 Å². The third kappa shape index (κ3) is 3.52. The van der Waals surface area contributed by atoms with Crippen molar-refractivity contribution in [1.82, 2.24) is 15.0 Å². The Morgan fingerprint density at radius 1 is 1.19 bits per heavy atom. The molecule has 3 aromatic rings. The number of fused-ring (bicyclic) bond motifs is 2. The van der Waals surface area contributed by atoms with E-state index in [9.17, 15) is 9.32 Å². The van der Waals surface area contributed by atoms with Crippen LogP contribution in [0.25, 0.3) is 11.3 Å². The molecule has 1 unspecified atom stereocenters. The minimum atomic E-state index is -1.03. The van der Waals surface area contributed by atoms with Crippen molar-refractivity contribution >= 4 is 22.4 Å². The van der Waals surface area contributed by atoms with Crippen LogP contribution in [-0.4, -0.2) is 49.8 Å². The quantitative estimate of drug-likeness (QED) is 0.638. The summed E-state index contributed by atoms with van der Waals surface area (Å²) in [5, 5.41) is 10.3. The van der Waals surface area contributed by atoms with Gasteiger partial charge in [-0.05, 0) is 43.7 Å². The van der Waals surface area contributed by atoms with Crippen LogP contribution in [-0.2, 0) is 26.6 Å². The first kappa shape index (κ1) is 21.2. The van der Waals surface area contributed by atoms with Crippen molar-refractivity contribution in [1.29, 1.82) is 0 Å². The fourth-order valence-corrected chi connectivity index (χ4v) is 5.06. The van der Waals surface area contributed by atoms with E-state index in [1.54, 1.807) is 32.3 Å². The number of benzene rings is 1. The summed E-state index contributed by atoms with van der Waals surface area (Å²) in [7, 11) is -1.03. The van der Waals surface area contributed by atoms with Gasteiger partial charge in [0.2, 0.25) is 5.95 Å². The first-order chi connectivity index (χ1) is 15.3. The summed E-state index contributed by atoms with van der Waals surface area (Å²) in [6.45, 7) is 7.41. The number of aliphatic hydroxyl groups is 1. The molecule has 2 aliphatic heterocycles. The second-order valence-electron chi connectivity index (χ2n) is 8.91. The van der Waals surface area contributed by atoms with E-state index in [0.29, 0.717) is 36.3 Å². The molecule has 1 atom stereocenters. The molecule has 4 heterocycles. The van der Waals surface area contributed by atoms with Gasteiger partial charge in [-0.15, -0.1) is 0 Å². The summed E-state index contributed by atoms with van der Waals surface area (Å²) in [6.07, 6.45) is 3.52. The zero-order valence-electron chi connectivity index (χ0n) is 18.4. The average Bonchev–Trinajstić information content (AvgIpc) is 3.13. The number of nitrogens with zero attached hydrogens (tertiary/aromatic N) is 4. The highest BCUT2D eigenvalue weighted by Gasteiger charge is 2.49. The Bertz CT molecular complexity index is 1190. The Kier molecular flexibility index (Phi) is 5.11. The van der Waals surface area contributed by atoms with Crippen molar-refractivity contribution in [3.8, 4) is 11.3 Å². The topological polar surface area (TPSA) is 88.4 Å². The Morgan fingerprint density at radius 3 is 2.56 bits per heavy atom. The Morgan fingerprint density at radius 2 is 1.94 bits per heavy atom. The molecule has 7 nitrogen and oxygen atoms in total. The second-order valence-corrected chi connectivity index (χ2v) is 10.7. The van der Waals surface area contributed by atoms with Crippen molar-refractivity contribution in [3.63, 3.8) is 0 Å². The fraction of sp³-hybridized carbons (Fsp3) is 0.375. The summed E-state index contributed by atoms with van der Waals surface area (Å²) >= 11 is 0. The number of rotatable bonds is 5. The maximum Gasteiger partial charge on any atom is 0.229 e. The molecule has 1 aromatic carbocycles. The Balaban J connectivity index is 1.49. The largest absolute Gasteiger partial charge is 0.384 e. The number of hydrogen-bond acceptors (Lipinski definition) is 7. The van der Waals surface area contributed by atoms with Crippen LogP contribution in [0, 0.1) is 0 Å². The molecule has 1 spiro atoms. The first-order valence-corrected chi connectivity index (χ1v) is 12.0. The van der Waals surface area contributed by atoms with Gasteiger partial charge in [0.1, 0.15) is 5.60 Å². The second kappa shape index (κ2) is 7.72. The van der Waals surface area contributed by atoms with Crippen LogP contribution < -0.4 is 4.90 Å². The summed E-state index contributed by atoms with van der Waals surface area (Å²) in [6, 6.07) is 11.6. The zero-order chi connectivity index (χ0) is 22.5. The number of hydrogen-bond donors (Lipinski definition) is 1. The van der Waals surface area contributed by atoms with Gasteiger partial charge in [0.05, 0.1) is 40.8 Å². The third-order valence-electron chi connectivity index (χ3n) is 6.13. The standard InChI is InChI=1S/C24H26N4O3S/c1-4-32(30)17-8-9-18-20(10-17)28(13-24(18)14-31-15-24)22-25-11-16(12-26-22)19-6-5-7-21(27-19)23(2,3)29/h5-12,29H,4,13-15H2,1-3H3. The molecule has 5 rings (SSSR count). The van der Waals surface area contributed by atoms with Crippen molar-refractivity contribution in [2.75, 3.05) is 30.4 Å². The number of ether oxygens (including phenoxy) is 1. The van der Waals surface area contributed by atoms with Crippen LogP contribution in [0.1, 0.15) is 32.0 Å². The van der Waals surface area contributed by atoms with E-state index in [2.05, 4.69) is 25.9 Å². The maximum absolute atomic E-state index is 12.4. The van der Waals surface area contributed by atoms with Gasteiger partial charge in [0, 0.05) is 40.8 Å². The summed E-state index contributed by atoms with van der Waals surface area (Å²) in [4.78, 5) is 16.8. The van der Waals surface area contributed by atoms with E-state index in [0.717, 1.165) is 22.7 Å². The van der Waals surface area contributed by atoms with Gasteiger partial charge in [0.15, 0.2) is 0 Å². The van der Waals surface area contributed by atoms with E-state index in [-0.39, 0.29) is 5.41 Å². The highest BCUT2D eigenvalue weighted by Crippen LogP contribution is 2.48. The lowest BCUT2D eigenvalue weighted by atomic mass is 9.81. The lowest BCUT2D eigenvalue weighted by Crippen LogP contribution is -2.49. The van der Waals surface area contributed by atoms with E-state index < -0.39 is 16.4 Å². The van der Waals surface area contributed by atoms with Gasteiger partial charge in [-0.2, -0.15) is 0 Å². The van der Waals surface area contributed by atoms with Gasteiger partial charge in [-0.25, -0.2) is 15.0 Å². The van der Waals surface area contributed by atoms with Crippen LogP contribution in [0.4, 0.5) is 11.6 Å². The number of pyridine rings is 1. The predicted molar refractivity (Wildman–Crippen MR) is 123 cm³/mol. The van der Waals surface area contributed by atoms with Crippen LogP contribution >= 0.6 is 0 Å². The van der Waals surface area contributed by atoms with Gasteiger partial charge in [-0.3, -0.25) is 4.21 Å². The number of anilines is 2. The lowest BCUT2D eigenvalue weighted by molar-refractivity contribution is -0.0507. The van der Waals surface area contributed by atoms with Crippen LogP contribution in [0.2, 0.25) is 0 Å². The third-order valence-corrected chi connectivity index (χ3v) is 7.43. The Labute approximate surface area is 190 Å². The molecular weight excluding hydrogens is 424 g/mol. The van der Waals surface area contributed by atoms with Crippen LogP contribution in [0.5, 0.6) is 0 Å². The van der Waals surface area contributed by atoms with Crippen LogP contribution in [0.3, 0.4) is 0 Å². The minimum absolute atomic E-state index is 0.0633. The smallest absolute Gasteiger partial charge is 0.229 e. The van der Waals surface area contributed by atoms with Gasteiger partial charge in [-0.1, -0.05) is 19.1 Å². The highest BCUT2D eigenvalue weighted by molar-refractivity contribution is 7.85. The number of aromatic nitrogens is 3. The van der Waals surface area contributed by atoms with Gasteiger partial charge >= 0.3 is 0 Å². The molecular formula is C24H26N4O3S. The highest BCUT2D eigenvalue weighted by atomic mass is 32.2. The molecule has 2 aliphatic rings. The molecule has 8 heteroatoms. The minimum Gasteiger partial charge on any atom is -0.384 e. The molecule has 1 fully saturated rings. The fourth-order valence-electron chi connectivity index (χ4n) is 4.27. The monoisotopic (exact) mass is 450 g/mol. The molecule has 32 heavy (non-hydrogen) atoms. The average molecular weight is 451 g/mol. The zero-order valence-corrected chi connectivity index (χ0v) is 19.2. The summed E-state index contributed by atoms with van der Waals surface area (Å²) in [5.74, 6) is 1.17. The first-order valence-electron chi connectivity index (χ1n) is 10.7. The summed E-state index contributed by atoms with van der Waals surface area (Å²) in [5.41, 5.74) is 3.20. The SMILES string of the molecule is CCS(=O)c1ccc2c(c1)N(c1ncc(-c3cccc(C(C)(C)O)n3)cn1)CC21COC1. The van der Waals surface area contributed by atoms with Crippen molar-refractivity contribution in [2.45, 2.75) is 36.7 Å². The van der Waals surface area contributed by atoms with E-state index in [4.69, 9.17) is 4.74 Å². The van der Waals surface area contributed by atoms with E-state index in [1.165, 1.54) is 5.56 Å². The Hall–Kier alpha value is -2.68. The van der Waals surface area contributed by atoms with Gasteiger partial charge < -0.3 is 14.7 Å². The van der Waals surface area contributed by atoms with Crippen LogP contribution in [0.15, 0.2) is 53.7 Å². The van der Waals surface area contributed by atoms with Crippen molar-refractivity contribution in [3.05, 3.63) is 60.0 Å². The van der Waals surface area contributed by atoms with Gasteiger partial charge in [0.25, 0.3) is 0 Å². The molecule has 0 saturated carbocycles. The molecule has 166 valence electrons. The molecule has 0 radical (unpaired) electrons. The molecule has 0 bridgehead atoms. The normalized spacial score (nSPS) is 17.8. The molecule has 1 saturated heterocycles. The predicted octanol–water partition coefficient (Wildman–Crippen LogP) is 3.31. The molecule has 1 N–H and O–H groups in total. The van der Waals surface area contributed by atoms with Crippen molar-refractivity contribution < 1.29 is 14.1 Å². The molecule has 0 amide bonds. The molecule has 2 aromatic heterocycles. The lowest BCUT2D eigenvalue weighted by Gasteiger charge is -2.38.